The second kappa shape index (κ2) is 4.73. The number of carboxylic acids is 1. The standard InChI is InChI=1S/C12H10ClF3O4/c1-19-7-2-3-8-6(4-7)5-11(13,10(17)18)9(20-8)12(14,15)16/h2-4,9H,5H2,1H3,(H,17,18). The third kappa shape index (κ3) is 2.37. The van der Waals surface area contributed by atoms with Crippen molar-refractivity contribution in [3.63, 3.8) is 0 Å². The van der Waals surface area contributed by atoms with Gasteiger partial charge in [0.05, 0.1) is 7.11 Å². The van der Waals surface area contributed by atoms with Gasteiger partial charge in [0, 0.05) is 12.0 Å². The topological polar surface area (TPSA) is 55.8 Å². The zero-order valence-electron chi connectivity index (χ0n) is 10.2. The summed E-state index contributed by atoms with van der Waals surface area (Å²) in [5, 5.41) is 9.04. The number of hydrogen-bond acceptors (Lipinski definition) is 3. The van der Waals surface area contributed by atoms with E-state index in [1.807, 2.05) is 0 Å². The van der Waals surface area contributed by atoms with Gasteiger partial charge in [-0.05, 0) is 18.2 Å². The summed E-state index contributed by atoms with van der Waals surface area (Å²) in [4.78, 5) is 8.55. The Kier molecular flexibility index (Phi) is 3.49. The van der Waals surface area contributed by atoms with Crippen molar-refractivity contribution in [2.24, 2.45) is 0 Å². The second-order valence-electron chi connectivity index (χ2n) is 4.36. The van der Waals surface area contributed by atoms with Crippen LogP contribution in [0.3, 0.4) is 0 Å². The molecule has 0 amide bonds. The van der Waals surface area contributed by atoms with Crippen molar-refractivity contribution < 1.29 is 32.5 Å². The summed E-state index contributed by atoms with van der Waals surface area (Å²) >= 11 is 5.70. The van der Waals surface area contributed by atoms with Crippen molar-refractivity contribution in [1.82, 2.24) is 0 Å². The molecule has 1 N–H and O–H groups in total. The van der Waals surface area contributed by atoms with Crippen LogP contribution in [-0.2, 0) is 11.2 Å². The molecule has 20 heavy (non-hydrogen) atoms. The number of fused-ring (bicyclic) bond motifs is 1. The van der Waals surface area contributed by atoms with Gasteiger partial charge in [0.2, 0.25) is 6.10 Å². The molecule has 1 aromatic rings. The first kappa shape index (κ1) is 14.8. The maximum atomic E-state index is 12.9. The van der Waals surface area contributed by atoms with Crippen LogP contribution in [0.1, 0.15) is 5.56 Å². The number of halogens is 4. The van der Waals surface area contributed by atoms with E-state index < -0.39 is 29.5 Å². The normalized spacial score (nSPS) is 25.6. The van der Waals surface area contributed by atoms with Gasteiger partial charge in [0.25, 0.3) is 0 Å². The molecule has 8 heteroatoms. The van der Waals surface area contributed by atoms with Crippen LogP contribution in [0, 0.1) is 0 Å². The molecule has 0 saturated heterocycles. The number of methoxy groups -OCH3 is 1. The second-order valence-corrected chi connectivity index (χ2v) is 5.03. The van der Waals surface area contributed by atoms with Crippen molar-refractivity contribution in [2.45, 2.75) is 23.6 Å². The summed E-state index contributed by atoms with van der Waals surface area (Å²) in [5.41, 5.74) is 0.252. The summed E-state index contributed by atoms with van der Waals surface area (Å²) in [6, 6.07) is 4.13. The van der Waals surface area contributed by atoms with Crippen LogP contribution >= 0.6 is 11.6 Å². The van der Waals surface area contributed by atoms with Gasteiger partial charge >= 0.3 is 12.1 Å². The third-order valence-electron chi connectivity index (χ3n) is 3.03. The Morgan fingerprint density at radius 2 is 2.20 bits per heavy atom. The smallest absolute Gasteiger partial charge is 0.427 e. The van der Waals surface area contributed by atoms with Gasteiger partial charge in [-0.15, -0.1) is 11.6 Å². The Bertz CT molecular complexity index is 546. The molecule has 0 saturated carbocycles. The Balaban J connectivity index is 2.50. The average Bonchev–Trinajstić information content (AvgIpc) is 2.35. The molecule has 2 rings (SSSR count). The summed E-state index contributed by atoms with van der Waals surface area (Å²) in [6.07, 6.45) is -8.02. The zero-order chi connectivity index (χ0) is 15.1. The summed E-state index contributed by atoms with van der Waals surface area (Å²) in [6.45, 7) is 0. The molecule has 0 spiro atoms. The predicted octanol–water partition coefficient (Wildman–Crippen LogP) is 2.62. The van der Waals surface area contributed by atoms with Gasteiger partial charge in [-0.1, -0.05) is 0 Å². The molecule has 0 bridgehead atoms. The first-order valence-electron chi connectivity index (χ1n) is 5.51. The highest BCUT2D eigenvalue weighted by atomic mass is 35.5. The zero-order valence-corrected chi connectivity index (χ0v) is 11.0. The van der Waals surface area contributed by atoms with E-state index in [2.05, 4.69) is 0 Å². The molecule has 4 nitrogen and oxygen atoms in total. The summed E-state index contributed by atoms with van der Waals surface area (Å²) in [7, 11) is 1.38. The lowest BCUT2D eigenvalue weighted by Gasteiger charge is -2.37. The van der Waals surface area contributed by atoms with Gasteiger partial charge in [0.15, 0.2) is 4.87 Å². The van der Waals surface area contributed by atoms with Crippen LogP contribution in [0.25, 0.3) is 0 Å². The molecule has 1 heterocycles. The molecule has 0 fully saturated rings. The van der Waals surface area contributed by atoms with Crippen LogP contribution in [0.15, 0.2) is 18.2 Å². The van der Waals surface area contributed by atoms with Crippen molar-refractivity contribution >= 4 is 17.6 Å². The van der Waals surface area contributed by atoms with E-state index in [9.17, 15) is 18.0 Å². The fourth-order valence-electron chi connectivity index (χ4n) is 2.04. The van der Waals surface area contributed by atoms with E-state index in [-0.39, 0.29) is 11.3 Å². The lowest BCUT2D eigenvalue weighted by molar-refractivity contribution is -0.212. The first-order valence-corrected chi connectivity index (χ1v) is 5.89. The lowest BCUT2D eigenvalue weighted by Crippen LogP contribution is -2.58. The minimum Gasteiger partial charge on any atom is -0.497 e. The van der Waals surface area contributed by atoms with Gasteiger partial charge in [-0.2, -0.15) is 13.2 Å². The Labute approximate surface area is 117 Å². The highest BCUT2D eigenvalue weighted by molar-refractivity contribution is 6.34. The van der Waals surface area contributed by atoms with Crippen molar-refractivity contribution in [1.29, 1.82) is 0 Å². The maximum Gasteiger partial charge on any atom is 0.427 e. The Hall–Kier alpha value is -1.63. The third-order valence-corrected chi connectivity index (χ3v) is 3.52. The molecule has 0 aliphatic carbocycles. The molecule has 1 aliphatic rings. The van der Waals surface area contributed by atoms with E-state index in [1.54, 1.807) is 0 Å². The number of benzene rings is 1. The van der Waals surface area contributed by atoms with Crippen LogP contribution in [0.5, 0.6) is 11.5 Å². The number of carbonyl (C=O) groups is 1. The molecule has 0 radical (unpaired) electrons. The van der Waals surface area contributed by atoms with Crippen LogP contribution < -0.4 is 9.47 Å². The van der Waals surface area contributed by atoms with E-state index in [0.29, 0.717) is 5.75 Å². The average molecular weight is 311 g/mol. The van der Waals surface area contributed by atoms with Gasteiger partial charge < -0.3 is 14.6 Å². The largest absolute Gasteiger partial charge is 0.497 e. The molecule has 0 aromatic heterocycles. The number of alkyl halides is 4. The minimum atomic E-state index is -4.89. The molecular weight excluding hydrogens is 301 g/mol. The van der Waals surface area contributed by atoms with E-state index in [4.69, 9.17) is 26.2 Å². The quantitative estimate of drug-likeness (QED) is 0.853. The SMILES string of the molecule is COc1ccc2c(c1)CC(Cl)(C(=O)O)C(C(F)(F)F)O2. The Morgan fingerprint density at radius 3 is 2.70 bits per heavy atom. The summed E-state index contributed by atoms with van der Waals surface area (Å²) < 4.78 is 48.5. The van der Waals surface area contributed by atoms with Crippen LogP contribution in [0.4, 0.5) is 13.2 Å². The summed E-state index contributed by atoms with van der Waals surface area (Å²) in [5.74, 6) is -1.46. The molecule has 1 aliphatic heterocycles. The molecular formula is C12H10ClF3O4. The number of rotatable bonds is 2. The number of carboxylic acid groups (broad SMARTS) is 1. The number of hydrogen-bond donors (Lipinski definition) is 1. The molecule has 1 aromatic carbocycles. The van der Waals surface area contributed by atoms with E-state index >= 15 is 0 Å². The number of ether oxygens (including phenoxy) is 2. The fourth-order valence-corrected chi connectivity index (χ4v) is 2.35. The van der Waals surface area contributed by atoms with Gasteiger partial charge in [-0.3, -0.25) is 4.79 Å². The van der Waals surface area contributed by atoms with Gasteiger partial charge in [0.1, 0.15) is 11.5 Å². The van der Waals surface area contributed by atoms with Crippen molar-refractivity contribution in [2.75, 3.05) is 7.11 Å². The van der Waals surface area contributed by atoms with Crippen molar-refractivity contribution in [3.05, 3.63) is 23.8 Å². The molecule has 2 atom stereocenters. The van der Waals surface area contributed by atoms with Crippen LogP contribution in [0.2, 0.25) is 0 Å². The van der Waals surface area contributed by atoms with E-state index in [0.717, 1.165) is 0 Å². The predicted molar refractivity (Wildman–Crippen MR) is 63.4 cm³/mol. The van der Waals surface area contributed by atoms with Gasteiger partial charge in [-0.25, -0.2) is 0 Å². The fraction of sp³-hybridized carbons (Fsp3) is 0.417. The van der Waals surface area contributed by atoms with E-state index in [1.165, 1.54) is 25.3 Å². The molecule has 2 unspecified atom stereocenters. The van der Waals surface area contributed by atoms with Crippen molar-refractivity contribution in [3.8, 4) is 11.5 Å². The maximum absolute atomic E-state index is 12.9. The Morgan fingerprint density at radius 1 is 1.55 bits per heavy atom. The van der Waals surface area contributed by atoms with Crippen LogP contribution in [-0.4, -0.2) is 35.3 Å². The lowest BCUT2D eigenvalue weighted by atomic mass is 9.89. The minimum absolute atomic E-state index is 0.0503. The highest BCUT2D eigenvalue weighted by Crippen LogP contribution is 2.44. The highest BCUT2D eigenvalue weighted by Gasteiger charge is 2.61. The first-order chi connectivity index (χ1) is 9.18. The monoisotopic (exact) mass is 310 g/mol. The number of aliphatic carboxylic acids is 1. The molecule has 110 valence electrons.